The Morgan fingerprint density at radius 1 is 1.00 bits per heavy atom. The van der Waals surface area contributed by atoms with Crippen molar-refractivity contribution in [3.05, 3.63) is 64.7 Å². The van der Waals surface area contributed by atoms with Crippen LogP contribution in [-0.4, -0.2) is 35.6 Å². The van der Waals surface area contributed by atoms with Gasteiger partial charge in [0.25, 0.3) is 11.8 Å². The quantitative estimate of drug-likeness (QED) is 0.832. The van der Waals surface area contributed by atoms with Crippen molar-refractivity contribution in [3.63, 3.8) is 0 Å². The first kappa shape index (κ1) is 16.1. The van der Waals surface area contributed by atoms with Crippen molar-refractivity contribution >= 4 is 23.6 Å². The van der Waals surface area contributed by atoms with Gasteiger partial charge in [-0.15, -0.1) is 11.8 Å². The molecule has 0 unspecified atom stereocenters. The molecular formula is C21H20N2O2S. The van der Waals surface area contributed by atoms with E-state index in [1.54, 1.807) is 24.3 Å². The van der Waals surface area contributed by atoms with Gasteiger partial charge in [-0.3, -0.25) is 14.5 Å². The Kier molecular flexibility index (Phi) is 3.69. The zero-order chi connectivity index (χ0) is 17.7. The summed E-state index contributed by atoms with van der Waals surface area (Å²) < 4.78 is 0. The minimum absolute atomic E-state index is 0.183. The lowest BCUT2D eigenvalue weighted by atomic mass is 9.74. The van der Waals surface area contributed by atoms with E-state index in [1.165, 1.54) is 15.4 Å². The predicted molar refractivity (Wildman–Crippen MR) is 102 cm³/mol. The molecule has 4 nitrogen and oxygen atoms in total. The van der Waals surface area contributed by atoms with Crippen molar-refractivity contribution < 1.29 is 9.59 Å². The first-order chi connectivity index (χ1) is 12.7. The molecule has 3 heterocycles. The lowest BCUT2D eigenvalue weighted by molar-refractivity contribution is 0.0642. The highest BCUT2D eigenvalue weighted by atomic mass is 32.2. The van der Waals surface area contributed by atoms with Crippen LogP contribution in [0.25, 0.3) is 0 Å². The number of amides is 2. The van der Waals surface area contributed by atoms with Crippen molar-refractivity contribution in [2.75, 3.05) is 18.8 Å². The van der Waals surface area contributed by atoms with Gasteiger partial charge in [-0.1, -0.05) is 24.3 Å². The van der Waals surface area contributed by atoms with Crippen molar-refractivity contribution in [2.24, 2.45) is 0 Å². The van der Waals surface area contributed by atoms with E-state index in [4.69, 9.17) is 0 Å². The largest absolute Gasteiger partial charge is 0.317 e. The van der Waals surface area contributed by atoms with Gasteiger partial charge in [0, 0.05) is 16.1 Å². The Morgan fingerprint density at radius 2 is 1.69 bits per heavy atom. The van der Waals surface area contributed by atoms with E-state index in [0.717, 1.165) is 37.2 Å². The molecule has 3 aliphatic rings. The normalized spacial score (nSPS) is 20.5. The number of fused-ring (bicyclic) bond motifs is 3. The minimum Gasteiger partial charge on any atom is -0.317 e. The molecule has 0 aliphatic carbocycles. The second-order valence-corrected chi connectivity index (χ2v) is 8.41. The third-order valence-corrected chi connectivity index (χ3v) is 7.26. The van der Waals surface area contributed by atoms with Crippen molar-refractivity contribution in [1.82, 2.24) is 10.2 Å². The smallest absolute Gasteiger partial charge is 0.261 e. The first-order valence-electron chi connectivity index (χ1n) is 9.10. The maximum absolute atomic E-state index is 12.6. The molecule has 3 aliphatic heterocycles. The Labute approximate surface area is 157 Å². The van der Waals surface area contributed by atoms with Crippen LogP contribution in [0.5, 0.6) is 0 Å². The molecule has 0 bridgehead atoms. The van der Waals surface area contributed by atoms with Gasteiger partial charge in [0.15, 0.2) is 0 Å². The highest BCUT2D eigenvalue weighted by Crippen LogP contribution is 2.49. The van der Waals surface area contributed by atoms with Gasteiger partial charge in [0.05, 0.1) is 17.7 Å². The van der Waals surface area contributed by atoms with Gasteiger partial charge in [-0.05, 0) is 55.3 Å². The molecule has 0 atom stereocenters. The molecule has 5 heteroatoms. The summed E-state index contributed by atoms with van der Waals surface area (Å²) >= 11 is 1.94. The topological polar surface area (TPSA) is 49.4 Å². The molecule has 132 valence electrons. The van der Waals surface area contributed by atoms with E-state index >= 15 is 0 Å². The number of carbonyl (C=O) groups is 2. The second-order valence-electron chi connectivity index (χ2n) is 7.39. The number of nitrogens with one attached hydrogen (secondary N) is 1. The standard InChI is InChI=1S/C21H20N2O2S/c24-19-15-3-1-2-4-16(15)20(25)23(19)12-14-5-6-18-17(11-14)21(13-26-18)7-9-22-10-8-21/h1-6,11,22H,7-10,12-13H2. The highest BCUT2D eigenvalue weighted by Gasteiger charge is 2.41. The van der Waals surface area contributed by atoms with Gasteiger partial charge < -0.3 is 5.32 Å². The monoisotopic (exact) mass is 364 g/mol. The first-order valence-corrected chi connectivity index (χ1v) is 10.1. The molecule has 0 aromatic heterocycles. The Bertz CT molecular complexity index is 877. The van der Waals surface area contributed by atoms with E-state index in [1.807, 2.05) is 11.8 Å². The van der Waals surface area contributed by atoms with Crippen LogP contribution in [0.15, 0.2) is 47.4 Å². The van der Waals surface area contributed by atoms with E-state index in [9.17, 15) is 9.59 Å². The van der Waals surface area contributed by atoms with Gasteiger partial charge >= 0.3 is 0 Å². The van der Waals surface area contributed by atoms with E-state index in [-0.39, 0.29) is 17.2 Å². The average molecular weight is 364 g/mol. The number of benzene rings is 2. The molecule has 5 rings (SSSR count). The molecule has 1 spiro atoms. The van der Waals surface area contributed by atoms with Gasteiger partial charge in [0.2, 0.25) is 0 Å². The van der Waals surface area contributed by atoms with Crippen molar-refractivity contribution in [2.45, 2.75) is 29.7 Å². The molecule has 1 N–H and O–H groups in total. The zero-order valence-corrected chi connectivity index (χ0v) is 15.3. The van der Waals surface area contributed by atoms with E-state index < -0.39 is 0 Å². The number of imide groups is 1. The number of piperidine rings is 1. The van der Waals surface area contributed by atoms with Gasteiger partial charge in [-0.25, -0.2) is 0 Å². The number of carbonyl (C=O) groups excluding carboxylic acids is 2. The fraction of sp³-hybridized carbons (Fsp3) is 0.333. The van der Waals surface area contributed by atoms with Crippen LogP contribution in [0.1, 0.15) is 44.7 Å². The molecule has 0 radical (unpaired) electrons. The van der Waals surface area contributed by atoms with E-state index in [0.29, 0.717) is 17.7 Å². The number of thioether (sulfide) groups is 1. The molecule has 2 aromatic carbocycles. The summed E-state index contributed by atoms with van der Waals surface area (Å²) in [5.41, 5.74) is 3.74. The fourth-order valence-corrected chi connectivity index (χ4v) is 5.86. The summed E-state index contributed by atoms with van der Waals surface area (Å²) in [7, 11) is 0. The highest BCUT2D eigenvalue weighted by molar-refractivity contribution is 7.99. The number of hydrogen-bond donors (Lipinski definition) is 1. The molecular weight excluding hydrogens is 344 g/mol. The van der Waals surface area contributed by atoms with Crippen molar-refractivity contribution in [3.8, 4) is 0 Å². The minimum atomic E-state index is -0.183. The van der Waals surface area contributed by atoms with Crippen molar-refractivity contribution in [1.29, 1.82) is 0 Å². The maximum Gasteiger partial charge on any atom is 0.261 e. The lowest BCUT2D eigenvalue weighted by Crippen LogP contribution is -2.40. The maximum atomic E-state index is 12.6. The summed E-state index contributed by atoms with van der Waals surface area (Å²) in [5.74, 6) is 0.773. The summed E-state index contributed by atoms with van der Waals surface area (Å²) in [6, 6.07) is 13.6. The zero-order valence-electron chi connectivity index (χ0n) is 14.5. The molecule has 0 saturated carbocycles. The van der Waals surface area contributed by atoms with Crippen LogP contribution >= 0.6 is 11.8 Å². The summed E-state index contributed by atoms with van der Waals surface area (Å²) in [4.78, 5) is 28.0. The second kappa shape index (κ2) is 5.96. The predicted octanol–water partition coefficient (Wildman–Crippen LogP) is 3.21. The third kappa shape index (κ3) is 2.34. The van der Waals surface area contributed by atoms with Crippen LogP contribution in [0.3, 0.4) is 0 Å². The van der Waals surface area contributed by atoms with Crippen LogP contribution < -0.4 is 5.32 Å². The number of rotatable bonds is 2. The third-order valence-electron chi connectivity index (χ3n) is 5.90. The SMILES string of the molecule is O=C1c2ccccc2C(=O)N1Cc1ccc2c(c1)C1(CCNCC1)CS2. The molecule has 1 fully saturated rings. The summed E-state index contributed by atoms with van der Waals surface area (Å²) in [6.45, 7) is 2.46. The summed E-state index contributed by atoms with van der Waals surface area (Å²) in [5, 5.41) is 3.45. The fourth-order valence-electron chi connectivity index (χ4n) is 4.39. The molecule has 26 heavy (non-hydrogen) atoms. The Hall–Kier alpha value is -2.11. The molecule has 2 aromatic rings. The lowest BCUT2D eigenvalue weighted by Gasteiger charge is -2.34. The van der Waals surface area contributed by atoms with E-state index in [2.05, 4.69) is 23.5 Å². The van der Waals surface area contributed by atoms with Crippen LogP contribution in [0.4, 0.5) is 0 Å². The van der Waals surface area contributed by atoms with Gasteiger partial charge in [0.1, 0.15) is 0 Å². The summed E-state index contributed by atoms with van der Waals surface area (Å²) in [6.07, 6.45) is 2.31. The number of hydrogen-bond acceptors (Lipinski definition) is 4. The average Bonchev–Trinajstić information content (AvgIpc) is 3.14. The van der Waals surface area contributed by atoms with Crippen LogP contribution in [0, 0.1) is 0 Å². The van der Waals surface area contributed by atoms with Crippen LogP contribution in [0.2, 0.25) is 0 Å². The Morgan fingerprint density at radius 3 is 2.38 bits per heavy atom. The number of nitrogens with zero attached hydrogens (tertiary/aromatic N) is 1. The Balaban J connectivity index is 1.45. The molecule has 1 saturated heterocycles. The van der Waals surface area contributed by atoms with Gasteiger partial charge in [-0.2, -0.15) is 0 Å². The molecule has 2 amide bonds. The van der Waals surface area contributed by atoms with Crippen LogP contribution in [-0.2, 0) is 12.0 Å².